The second-order valence-electron chi connectivity index (χ2n) is 6.00. The molecule has 6 nitrogen and oxygen atoms in total. The molecule has 1 aliphatic heterocycles. The average molecular weight is 282 g/mol. The van der Waals surface area contributed by atoms with Gasteiger partial charge >= 0.3 is 0 Å². The normalized spacial score (nSPS) is 30.9. The van der Waals surface area contributed by atoms with E-state index in [4.69, 9.17) is 0 Å². The first-order valence-corrected chi connectivity index (χ1v) is 7.09. The molecule has 2 rings (SSSR count). The van der Waals surface area contributed by atoms with Crippen molar-refractivity contribution in [3.63, 3.8) is 0 Å². The molecule has 0 bridgehead atoms. The van der Waals surface area contributed by atoms with Crippen LogP contribution in [0.3, 0.4) is 0 Å². The lowest BCUT2D eigenvalue weighted by Crippen LogP contribution is -2.67. The molecule has 2 aliphatic rings. The van der Waals surface area contributed by atoms with Crippen LogP contribution >= 0.6 is 0 Å². The summed E-state index contributed by atoms with van der Waals surface area (Å²) in [6.07, 6.45) is 3.07. The highest BCUT2D eigenvalue weighted by Crippen LogP contribution is 2.45. The van der Waals surface area contributed by atoms with E-state index in [2.05, 4.69) is 5.32 Å². The van der Waals surface area contributed by atoms with Gasteiger partial charge in [-0.05, 0) is 32.6 Å². The largest absolute Gasteiger partial charge is 0.394 e. The summed E-state index contributed by atoms with van der Waals surface area (Å²) in [4.78, 5) is 36.3. The summed E-state index contributed by atoms with van der Waals surface area (Å²) in [6, 6.07) is -0.539. The Bertz CT molecular complexity index is 427. The lowest BCUT2D eigenvalue weighted by molar-refractivity contribution is -0.172. The van der Waals surface area contributed by atoms with Crippen molar-refractivity contribution in [2.45, 2.75) is 51.6 Å². The minimum absolute atomic E-state index is 0.0203. The van der Waals surface area contributed by atoms with E-state index in [0.717, 1.165) is 25.7 Å². The van der Waals surface area contributed by atoms with Gasteiger partial charge in [-0.25, -0.2) is 0 Å². The first-order chi connectivity index (χ1) is 9.39. The molecule has 0 aromatic heterocycles. The number of hydrogen-bond acceptors (Lipinski definition) is 4. The van der Waals surface area contributed by atoms with Gasteiger partial charge in [0.25, 0.3) is 0 Å². The smallest absolute Gasteiger partial charge is 0.231 e. The summed E-state index contributed by atoms with van der Waals surface area (Å²) in [5.74, 6) is -0.236. The van der Waals surface area contributed by atoms with Crippen LogP contribution in [0, 0.1) is 5.41 Å². The number of nitrogens with zero attached hydrogens (tertiary/aromatic N) is 1. The molecule has 2 amide bonds. The Morgan fingerprint density at radius 1 is 1.40 bits per heavy atom. The van der Waals surface area contributed by atoms with Crippen LogP contribution in [0.15, 0.2) is 0 Å². The average Bonchev–Trinajstić information content (AvgIpc) is 2.39. The molecule has 20 heavy (non-hydrogen) atoms. The standard InChI is InChI=1S/C14H22N2O4/c1-9(18)12(7-17)16-8-14(13(16)20)5-3-11(4-6-14)15-10(2)19/h11-12,17H,3-8H2,1-2H3,(H,15,19). The number of amides is 2. The maximum atomic E-state index is 12.3. The van der Waals surface area contributed by atoms with Gasteiger partial charge in [0.15, 0.2) is 5.78 Å². The lowest BCUT2D eigenvalue weighted by atomic mass is 9.66. The number of nitrogens with one attached hydrogen (secondary N) is 1. The van der Waals surface area contributed by atoms with E-state index in [1.807, 2.05) is 0 Å². The molecule has 1 aliphatic carbocycles. The van der Waals surface area contributed by atoms with Crippen molar-refractivity contribution in [3.8, 4) is 0 Å². The number of hydrogen-bond donors (Lipinski definition) is 2. The molecule has 1 atom stereocenters. The highest BCUT2D eigenvalue weighted by atomic mass is 16.3. The summed E-state index contributed by atoms with van der Waals surface area (Å²) in [6.45, 7) is 3.13. The van der Waals surface area contributed by atoms with E-state index in [1.54, 1.807) is 0 Å². The van der Waals surface area contributed by atoms with Crippen LogP contribution in [0.25, 0.3) is 0 Å². The van der Waals surface area contributed by atoms with Crippen molar-refractivity contribution < 1.29 is 19.5 Å². The van der Waals surface area contributed by atoms with E-state index in [9.17, 15) is 19.5 Å². The predicted molar refractivity (Wildman–Crippen MR) is 71.8 cm³/mol. The third kappa shape index (κ3) is 2.57. The van der Waals surface area contributed by atoms with Crippen LogP contribution in [0.5, 0.6) is 0 Å². The summed E-state index contributed by atoms with van der Waals surface area (Å²) < 4.78 is 0. The number of β-lactam (4-membered cyclic amide) rings is 1. The molecule has 1 saturated carbocycles. The van der Waals surface area contributed by atoms with Gasteiger partial charge in [0.1, 0.15) is 6.04 Å². The SMILES string of the molecule is CC(=O)NC1CCC2(CC1)CN(C(CO)C(C)=O)C2=O. The first-order valence-electron chi connectivity index (χ1n) is 7.09. The number of Topliss-reactive ketones (excluding diaryl/α,β-unsaturated/α-hetero) is 1. The lowest BCUT2D eigenvalue weighted by Gasteiger charge is -2.53. The number of rotatable bonds is 4. The van der Waals surface area contributed by atoms with Gasteiger partial charge in [-0.2, -0.15) is 0 Å². The molecule has 1 spiro atoms. The number of carbonyl (C=O) groups excluding carboxylic acids is 3. The van der Waals surface area contributed by atoms with E-state index in [1.165, 1.54) is 18.7 Å². The van der Waals surface area contributed by atoms with Crippen molar-refractivity contribution in [2.75, 3.05) is 13.2 Å². The first kappa shape index (κ1) is 15.0. The molecule has 112 valence electrons. The predicted octanol–water partition coefficient (Wildman–Crippen LogP) is -0.156. The van der Waals surface area contributed by atoms with Crippen LogP contribution in [0.2, 0.25) is 0 Å². The Hall–Kier alpha value is -1.43. The van der Waals surface area contributed by atoms with E-state index >= 15 is 0 Å². The molecule has 0 aromatic carbocycles. The Labute approximate surface area is 118 Å². The summed E-state index contributed by atoms with van der Waals surface area (Å²) in [5.41, 5.74) is -0.363. The van der Waals surface area contributed by atoms with Gasteiger partial charge in [-0.15, -0.1) is 0 Å². The van der Waals surface area contributed by atoms with E-state index in [-0.39, 0.29) is 35.7 Å². The molecular weight excluding hydrogens is 260 g/mol. The highest BCUT2D eigenvalue weighted by Gasteiger charge is 2.55. The Morgan fingerprint density at radius 3 is 2.40 bits per heavy atom. The molecule has 2 fully saturated rings. The monoisotopic (exact) mass is 282 g/mol. The van der Waals surface area contributed by atoms with Crippen molar-refractivity contribution in [1.29, 1.82) is 0 Å². The molecule has 2 N–H and O–H groups in total. The van der Waals surface area contributed by atoms with Gasteiger partial charge in [0, 0.05) is 19.5 Å². The van der Waals surface area contributed by atoms with Crippen molar-refractivity contribution in [3.05, 3.63) is 0 Å². The summed E-state index contributed by atoms with van der Waals surface area (Å²) >= 11 is 0. The van der Waals surface area contributed by atoms with E-state index < -0.39 is 6.04 Å². The minimum Gasteiger partial charge on any atom is -0.394 e. The van der Waals surface area contributed by atoms with Crippen LogP contribution in [0.4, 0.5) is 0 Å². The molecule has 1 saturated heterocycles. The van der Waals surface area contributed by atoms with Crippen LogP contribution < -0.4 is 5.32 Å². The zero-order chi connectivity index (χ0) is 14.9. The third-order valence-corrected chi connectivity index (χ3v) is 4.56. The number of carbonyl (C=O) groups is 3. The fourth-order valence-electron chi connectivity index (χ4n) is 3.35. The molecule has 1 unspecified atom stereocenters. The van der Waals surface area contributed by atoms with Crippen molar-refractivity contribution >= 4 is 17.6 Å². The molecule has 1 heterocycles. The number of aliphatic hydroxyl groups excluding tert-OH is 1. The second-order valence-corrected chi connectivity index (χ2v) is 6.00. The van der Waals surface area contributed by atoms with Gasteiger partial charge < -0.3 is 15.3 Å². The quantitative estimate of drug-likeness (QED) is 0.702. The Morgan fingerprint density at radius 2 is 2.00 bits per heavy atom. The summed E-state index contributed by atoms with van der Waals surface area (Å²) in [5, 5.41) is 12.1. The maximum absolute atomic E-state index is 12.3. The molecule has 0 aromatic rings. The number of aliphatic hydroxyl groups is 1. The minimum atomic E-state index is -0.693. The highest BCUT2D eigenvalue weighted by molar-refractivity contribution is 5.94. The van der Waals surface area contributed by atoms with Crippen LogP contribution in [0.1, 0.15) is 39.5 Å². The van der Waals surface area contributed by atoms with Gasteiger partial charge in [0.2, 0.25) is 11.8 Å². The van der Waals surface area contributed by atoms with Gasteiger partial charge in [-0.3, -0.25) is 14.4 Å². The third-order valence-electron chi connectivity index (χ3n) is 4.56. The molecule has 6 heteroatoms. The fourth-order valence-corrected chi connectivity index (χ4v) is 3.35. The van der Waals surface area contributed by atoms with Gasteiger partial charge in [0.05, 0.1) is 12.0 Å². The zero-order valence-electron chi connectivity index (χ0n) is 12.0. The second kappa shape index (κ2) is 5.52. The molecule has 0 radical (unpaired) electrons. The summed E-state index contributed by atoms with van der Waals surface area (Å²) in [7, 11) is 0. The van der Waals surface area contributed by atoms with Crippen molar-refractivity contribution in [2.24, 2.45) is 5.41 Å². The maximum Gasteiger partial charge on any atom is 0.231 e. The van der Waals surface area contributed by atoms with Crippen LogP contribution in [-0.2, 0) is 14.4 Å². The van der Waals surface area contributed by atoms with Gasteiger partial charge in [-0.1, -0.05) is 0 Å². The Kier molecular flexibility index (Phi) is 4.13. The van der Waals surface area contributed by atoms with E-state index in [0.29, 0.717) is 6.54 Å². The van der Waals surface area contributed by atoms with Crippen molar-refractivity contribution in [1.82, 2.24) is 10.2 Å². The topological polar surface area (TPSA) is 86.7 Å². The fraction of sp³-hybridized carbons (Fsp3) is 0.786. The van der Waals surface area contributed by atoms with Crippen LogP contribution in [-0.4, -0.2) is 52.8 Å². The molecular formula is C14H22N2O4. The number of likely N-dealkylation sites (tertiary alicyclic amines) is 1. The Balaban J connectivity index is 1.92. The zero-order valence-corrected chi connectivity index (χ0v) is 12.0. The number of ketones is 1.